The van der Waals surface area contributed by atoms with Crippen molar-refractivity contribution in [2.24, 2.45) is 0 Å². The van der Waals surface area contributed by atoms with Crippen molar-refractivity contribution in [2.75, 3.05) is 26.4 Å². The number of ether oxygens (including phenoxy) is 4. The number of hydrogen-bond donors (Lipinski definition) is 0. The molecule has 0 aliphatic carbocycles. The Labute approximate surface area is 200 Å². The standard InChI is InChI=1S/C21H14F10O6/c22-10-12(24)16(28)20(17(29)13(10)25)36-6-4-34-8(32)2-1-3-9(33)35-5-7-37-21-18(30)14(26)11(23)15(27)19(21)31/h1-7H2. The Balaban J connectivity index is 1.65. The Hall–Kier alpha value is -3.72. The molecule has 0 saturated heterocycles. The molecule has 0 spiro atoms. The first-order valence-electron chi connectivity index (χ1n) is 9.98. The molecule has 0 atom stereocenters. The summed E-state index contributed by atoms with van der Waals surface area (Å²) in [6.07, 6.45) is -0.897. The largest absolute Gasteiger partial charge is 0.484 e. The van der Waals surface area contributed by atoms with Crippen LogP contribution in [0.15, 0.2) is 0 Å². The van der Waals surface area contributed by atoms with Crippen molar-refractivity contribution in [3.8, 4) is 11.5 Å². The molecular formula is C21H14F10O6. The van der Waals surface area contributed by atoms with E-state index in [2.05, 4.69) is 18.9 Å². The molecule has 2 aromatic rings. The molecule has 0 aliphatic rings. The molecule has 0 aliphatic heterocycles. The maximum atomic E-state index is 13.4. The molecule has 6 nitrogen and oxygen atoms in total. The molecule has 0 amide bonds. The van der Waals surface area contributed by atoms with E-state index in [1.165, 1.54) is 0 Å². The van der Waals surface area contributed by atoms with Crippen LogP contribution in [0.25, 0.3) is 0 Å². The van der Waals surface area contributed by atoms with Crippen LogP contribution in [0.1, 0.15) is 19.3 Å². The van der Waals surface area contributed by atoms with Crippen LogP contribution in [0, 0.1) is 58.2 Å². The molecule has 0 fully saturated rings. The number of carbonyl (C=O) groups excluding carboxylic acids is 2. The molecule has 0 heterocycles. The zero-order valence-corrected chi connectivity index (χ0v) is 18.2. The fraction of sp³-hybridized carbons (Fsp3) is 0.333. The van der Waals surface area contributed by atoms with Gasteiger partial charge in [0.1, 0.15) is 26.4 Å². The summed E-state index contributed by atoms with van der Waals surface area (Å²) in [5.41, 5.74) is 0. The Bertz CT molecular complexity index is 1030. The van der Waals surface area contributed by atoms with Gasteiger partial charge in [0.15, 0.2) is 11.5 Å². The van der Waals surface area contributed by atoms with E-state index >= 15 is 0 Å². The quantitative estimate of drug-likeness (QED) is 0.124. The van der Waals surface area contributed by atoms with Crippen LogP contribution in [-0.2, 0) is 19.1 Å². The molecule has 0 saturated carbocycles. The minimum absolute atomic E-state index is 0.144. The van der Waals surface area contributed by atoms with Crippen LogP contribution in [0.4, 0.5) is 43.9 Å². The maximum Gasteiger partial charge on any atom is 0.305 e. The van der Waals surface area contributed by atoms with Crippen LogP contribution in [-0.4, -0.2) is 38.4 Å². The van der Waals surface area contributed by atoms with Gasteiger partial charge in [-0.2, -0.15) is 17.6 Å². The van der Waals surface area contributed by atoms with Crippen LogP contribution >= 0.6 is 0 Å². The van der Waals surface area contributed by atoms with Gasteiger partial charge in [0, 0.05) is 12.8 Å². The van der Waals surface area contributed by atoms with E-state index < -0.39 is 108 Å². The smallest absolute Gasteiger partial charge is 0.305 e. The van der Waals surface area contributed by atoms with Gasteiger partial charge < -0.3 is 18.9 Å². The lowest BCUT2D eigenvalue weighted by molar-refractivity contribution is -0.146. The zero-order chi connectivity index (χ0) is 27.9. The minimum Gasteiger partial charge on any atom is -0.484 e. The summed E-state index contributed by atoms with van der Waals surface area (Å²) in [5, 5.41) is 0. The normalized spacial score (nSPS) is 10.9. The van der Waals surface area contributed by atoms with Gasteiger partial charge in [-0.05, 0) is 6.42 Å². The SMILES string of the molecule is O=C(CCCC(=O)OCCOc1c(F)c(F)c(F)c(F)c1F)OCCOc1c(F)c(F)c(F)c(F)c1F. The molecule has 37 heavy (non-hydrogen) atoms. The van der Waals surface area contributed by atoms with E-state index in [4.69, 9.17) is 0 Å². The van der Waals surface area contributed by atoms with Gasteiger partial charge >= 0.3 is 11.9 Å². The fourth-order valence-corrected chi connectivity index (χ4v) is 2.54. The van der Waals surface area contributed by atoms with Crippen LogP contribution in [0.3, 0.4) is 0 Å². The molecule has 204 valence electrons. The van der Waals surface area contributed by atoms with Crippen molar-refractivity contribution < 1.29 is 72.4 Å². The van der Waals surface area contributed by atoms with Crippen molar-refractivity contribution in [2.45, 2.75) is 19.3 Å². The van der Waals surface area contributed by atoms with Gasteiger partial charge in [-0.3, -0.25) is 9.59 Å². The molecule has 2 aromatic carbocycles. The fourth-order valence-electron chi connectivity index (χ4n) is 2.54. The van der Waals surface area contributed by atoms with Gasteiger partial charge in [-0.1, -0.05) is 0 Å². The summed E-state index contributed by atoms with van der Waals surface area (Å²) in [6.45, 7) is -2.82. The predicted molar refractivity (Wildman–Crippen MR) is 99.2 cm³/mol. The second-order valence-corrected chi connectivity index (χ2v) is 6.79. The van der Waals surface area contributed by atoms with E-state index in [0.29, 0.717) is 0 Å². The molecule has 0 aromatic heterocycles. The number of rotatable bonds is 12. The Morgan fingerprint density at radius 1 is 0.432 bits per heavy atom. The highest BCUT2D eigenvalue weighted by molar-refractivity contribution is 5.72. The number of benzene rings is 2. The monoisotopic (exact) mass is 552 g/mol. The highest BCUT2D eigenvalue weighted by atomic mass is 19.2. The molecule has 0 unspecified atom stereocenters. The molecule has 0 N–H and O–H groups in total. The number of carbonyl (C=O) groups is 2. The number of esters is 2. The van der Waals surface area contributed by atoms with Gasteiger partial charge in [-0.25, -0.2) is 26.3 Å². The lowest BCUT2D eigenvalue weighted by Gasteiger charge is -2.11. The second-order valence-electron chi connectivity index (χ2n) is 6.79. The van der Waals surface area contributed by atoms with Crippen LogP contribution in [0.2, 0.25) is 0 Å². The van der Waals surface area contributed by atoms with Crippen molar-refractivity contribution >= 4 is 11.9 Å². The van der Waals surface area contributed by atoms with E-state index in [0.717, 1.165) is 0 Å². The van der Waals surface area contributed by atoms with Gasteiger partial charge in [-0.15, -0.1) is 0 Å². The van der Waals surface area contributed by atoms with Crippen molar-refractivity contribution in [3.63, 3.8) is 0 Å². The summed E-state index contributed by atoms with van der Waals surface area (Å²) in [7, 11) is 0. The van der Waals surface area contributed by atoms with Gasteiger partial charge in [0.2, 0.25) is 58.2 Å². The second kappa shape index (κ2) is 13.0. The Kier molecular flexibility index (Phi) is 10.4. The first-order valence-corrected chi connectivity index (χ1v) is 9.98. The average molecular weight is 552 g/mol. The highest BCUT2D eigenvalue weighted by Gasteiger charge is 2.28. The Morgan fingerprint density at radius 2 is 0.703 bits per heavy atom. The van der Waals surface area contributed by atoms with Crippen molar-refractivity contribution in [3.05, 3.63) is 58.2 Å². The molecule has 0 radical (unpaired) electrons. The van der Waals surface area contributed by atoms with E-state index in [1.54, 1.807) is 0 Å². The van der Waals surface area contributed by atoms with Crippen LogP contribution in [0.5, 0.6) is 11.5 Å². The third-order valence-electron chi connectivity index (χ3n) is 4.29. The minimum atomic E-state index is -2.37. The summed E-state index contributed by atoms with van der Waals surface area (Å²) < 4.78 is 150. The highest BCUT2D eigenvalue weighted by Crippen LogP contribution is 2.30. The molecule has 16 heteroatoms. The zero-order valence-electron chi connectivity index (χ0n) is 18.2. The lowest BCUT2D eigenvalue weighted by atomic mass is 10.2. The summed E-state index contributed by atoms with van der Waals surface area (Å²) in [5.74, 6) is -27.4. The molecule has 0 bridgehead atoms. The molecule has 2 rings (SSSR count). The average Bonchev–Trinajstić information content (AvgIpc) is 2.87. The van der Waals surface area contributed by atoms with Crippen molar-refractivity contribution in [1.29, 1.82) is 0 Å². The first kappa shape index (κ1) is 29.5. The number of halogens is 10. The third-order valence-corrected chi connectivity index (χ3v) is 4.29. The summed E-state index contributed by atoms with van der Waals surface area (Å²) >= 11 is 0. The molecular weight excluding hydrogens is 538 g/mol. The lowest BCUT2D eigenvalue weighted by Crippen LogP contribution is -2.16. The predicted octanol–water partition coefficient (Wildman–Crippen LogP) is 4.79. The topological polar surface area (TPSA) is 71.1 Å². The van der Waals surface area contributed by atoms with Crippen LogP contribution < -0.4 is 9.47 Å². The van der Waals surface area contributed by atoms with Gasteiger partial charge in [0.05, 0.1) is 0 Å². The third kappa shape index (κ3) is 7.16. The van der Waals surface area contributed by atoms with E-state index in [1.807, 2.05) is 0 Å². The Morgan fingerprint density at radius 3 is 1.00 bits per heavy atom. The van der Waals surface area contributed by atoms with Gasteiger partial charge in [0.25, 0.3) is 0 Å². The number of hydrogen-bond acceptors (Lipinski definition) is 6. The summed E-state index contributed by atoms with van der Waals surface area (Å²) in [6, 6.07) is 0. The van der Waals surface area contributed by atoms with E-state index in [-0.39, 0.29) is 19.3 Å². The van der Waals surface area contributed by atoms with E-state index in [9.17, 15) is 53.5 Å². The maximum absolute atomic E-state index is 13.4. The first-order chi connectivity index (χ1) is 17.4. The van der Waals surface area contributed by atoms with Crippen molar-refractivity contribution in [1.82, 2.24) is 0 Å². The summed E-state index contributed by atoms with van der Waals surface area (Å²) in [4.78, 5) is 23.1.